The van der Waals surface area contributed by atoms with Crippen molar-refractivity contribution >= 4 is 51.0 Å². The number of hydrogen-bond acceptors (Lipinski definition) is 7. The Kier molecular flexibility index (Phi) is 7.73. The average molecular weight is 520 g/mol. The zero-order valence-electron chi connectivity index (χ0n) is 18.3. The molecular weight excluding hydrogens is 497 g/mol. The molecule has 2 N–H and O–H groups in total. The van der Waals surface area contributed by atoms with Gasteiger partial charge < -0.3 is 10.5 Å². The third-order valence-electron chi connectivity index (χ3n) is 5.76. The first kappa shape index (κ1) is 24.5. The van der Waals surface area contributed by atoms with E-state index in [-0.39, 0.29) is 11.5 Å². The molecule has 0 atom stereocenters. The van der Waals surface area contributed by atoms with E-state index < -0.39 is 4.92 Å². The predicted octanol–water partition coefficient (Wildman–Crippen LogP) is 5.99. The number of nitrogens with two attached hydrogens (primary N) is 1. The van der Waals surface area contributed by atoms with Crippen LogP contribution >= 0.6 is 34.5 Å². The monoisotopic (exact) mass is 519 g/mol. The second kappa shape index (κ2) is 10.7. The summed E-state index contributed by atoms with van der Waals surface area (Å²) in [6, 6.07) is 11.0. The number of carbonyl (C=O) groups excluding carboxylic acids is 1. The molecule has 0 amide bonds. The van der Waals surface area contributed by atoms with Crippen molar-refractivity contribution in [3.63, 3.8) is 0 Å². The fraction of sp³-hybridized carbons (Fsp3) is 0.292. The SMILES string of the molecule is Nc1sc2c(c1C(=O)c1ccc(Cl)c(Cl)c1)CCN(CCCCOc1ccc([N+](=O)[O-])cc1)C2. The van der Waals surface area contributed by atoms with Gasteiger partial charge in [-0.05, 0) is 61.7 Å². The van der Waals surface area contributed by atoms with Crippen LogP contribution in [0.15, 0.2) is 42.5 Å². The molecular formula is C24H23Cl2N3O4S. The van der Waals surface area contributed by atoms with Gasteiger partial charge in [0.05, 0.1) is 32.1 Å². The topological polar surface area (TPSA) is 98.7 Å². The molecule has 0 spiro atoms. The van der Waals surface area contributed by atoms with Gasteiger partial charge in [-0.1, -0.05) is 23.2 Å². The van der Waals surface area contributed by atoms with E-state index in [0.29, 0.717) is 38.5 Å². The molecule has 0 bridgehead atoms. The highest BCUT2D eigenvalue weighted by Crippen LogP contribution is 2.37. The fourth-order valence-electron chi connectivity index (χ4n) is 3.99. The first-order valence-electron chi connectivity index (χ1n) is 10.8. The Hall–Kier alpha value is -2.65. The summed E-state index contributed by atoms with van der Waals surface area (Å²) in [6.45, 7) is 3.08. The maximum absolute atomic E-state index is 13.1. The van der Waals surface area contributed by atoms with Gasteiger partial charge in [-0.25, -0.2) is 0 Å². The van der Waals surface area contributed by atoms with E-state index in [1.54, 1.807) is 30.3 Å². The number of hydrogen-bond donors (Lipinski definition) is 1. The summed E-state index contributed by atoms with van der Waals surface area (Å²) >= 11 is 13.6. The van der Waals surface area contributed by atoms with E-state index in [2.05, 4.69) is 4.90 Å². The largest absolute Gasteiger partial charge is 0.494 e. The van der Waals surface area contributed by atoms with Crippen LogP contribution in [-0.4, -0.2) is 35.3 Å². The molecule has 1 aliphatic rings. The Balaban J connectivity index is 1.29. The Morgan fingerprint density at radius 2 is 1.91 bits per heavy atom. The molecule has 0 unspecified atom stereocenters. The number of anilines is 1. The molecule has 2 heterocycles. The van der Waals surface area contributed by atoms with Gasteiger partial charge in [-0.2, -0.15) is 0 Å². The highest BCUT2D eigenvalue weighted by molar-refractivity contribution is 7.16. The average Bonchev–Trinajstić information content (AvgIpc) is 3.15. The Morgan fingerprint density at radius 3 is 2.62 bits per heavy atom. The van der Waals surface area contributed by atoms with Crippen molar-refractivity contribution in [2.75, 3.05) is 25.4 Å². The lowest BCUT2D eigenvalue weighted by atomic mass is 9.96. The Bertz CT molecular complexity index is 1210. The van der Waals surface area contributed by atoms with Crippen LogP contribution in [0, 0.1) is 10.1 Å². The number of benzene rings is 2. The number of nitrogen functional groups attached to an aromatic ring is 1. The molecule has 0 radical (unpaired) electrons. The number of nitrogens with zero attached hydrogens (tertiary/aromatic N) is 2. The van der Waals surface area contributed by atoms with Gasteiger partial charge in [0, 0.05) is 35.7 Å². The third kappa shape index (κ3) is 5.52. The van der Waals surface area contributed by atoms with Crippen LogP contribution in [0.25, 0.3) is 0 Å². The molecule has 4 rings (SSSR count). The number of halogens is 2. The molecule has 0 fully saturated rings. The van der Waals surface area contributed by atoms with Crippen molar-refractivity contribution < 1.29 is 14.5 Å². The number of rotatable bonds is 9. The molecule has 34 heavy (non-hydrogen) atoms. The molecule has 178 valence electrons. The van der Waals surface area contributed by atoms with E-state index in [4.69, 9.17) is 33.7 Å². The smallest absolute Gasteiger partial charge is 0.269 e. The number of nitro benzene ring substituents is 1. The van der Waals surface area contributed by atoms with Crippen LogP contribution in [0.5, 0.6) is 5.75 Å². The van der Waals surface area contributed by atoms with Gasteiger partial charge in [0.1, 0.15) is 5.75 Å². The number of unbranched alkanes of at least 4 members (excludes halogenated alkanes) is 1. The van der Waals surface area contributed by atoms with Gasteiger partial charge >= 0.3 is 0 Å². The number of nitro groups is 1. The van der Waals surface area contributed by atoms with Crippen molar-refractivity contribution in [1.29, 1.82) is 0 Å². The maximum atomic E-state index is 13.1. The zero-order valence-corrected chi connectivity index (χ0v) is 20.6. The summed E-state index contributed by atoms with van der Waals surface area (Å²) in [5.74, 6) is 0.506. The van der Waals surface area contributed by atoms with E-state index >= 15 is 0 Å². The summed E-state index contributed by atoms with van der Waals surface area (Å²) in [7, 11) is 0. The molecule has 0 saturated carbocycles. The number of thiophene rings is 1. The van der Waals surface area contributed by atoms with Gasteiger partial charge in [-0.15, -0.1) is 11.3 Å². The molecule has 1 aliphatic heterocycles. The highest BCUT2D eigenvalue weighted by Gasteiger charge is 2.27. The van der Waals surface area contributed by atoms with Crippen LogP contribution < -0.4 is 10.5 Å². The van der Waals surface area contributed by atoms with Crippen LogP contribution in [0.2, 0.25) is 10.0 Å². The Morgan fingerprint density at radius 1 is 1.15 bits per heavy atom. The third-order valence-corrected chi connectivity index (χ3v) is 7.54. The number of fused-ring (bicyclic) bond motifs is 1. The van der Waals surface area contributed by atoms with Gasteiger partial charge in [0.2, 0.25) is 0 Å². The standard InChI is InChI=1S/C24H23Cl2N3O4S/c25-19-8-3-15(13-20(19)26)23(30)22-18-9-11-28(14-21(18)34-24(22)27)10-1-2-12-33-17-6-4-16(5-7-17)29(31)32/h3-8,13H,1-2,9-12,14,27H2. The molecule has 0 aliphatic carbocycles. The molecule has 3 aromatic rings. The summed E-state index contributed by atoms with van der Waals surface area (Å²) in [5.41, 5.74) is 8.42. The van der Waals surface area contributed by atoms with Crippen LogP contribution in [0.4, 0.5) is 10.7 Å². The quantitative estimate of drug-likeness (QED) is 0.161. The number of ketones is 1. The zero-order chi connectivity index (χ0) is 24.2. The normalized spacial score (nSPS) is 13.5. The lowest BCUT2D eigenvalue weighted by molar-refractivity contribution is -0.384. The Labute approximate surface area is 211 Å². The van der Waals surface area contributed by atoms with Crippen molar-refractivity contribution in [2.24, 2.45) is 0 Å². The number of ether oxygens (including phenoxy) is 1. The molecule has 10 heteroatoms. The summed E-state index contributed by atoms with van der Waals surface area (Å²) in [4.78, 5) is 26.9. The van der Waals surface area contributed by atoms with Crippen molar-refractivity contribution in [3.05, 3.63) is 84.2 Å². The summed E-state index contributed by atoms with van der Waals surface area (Å²) in [5, 5.41) is 12.0. The number of non-ortho nitro benzene ring substituents is 1. The second-order valence-electron chi connectivity index (χ2n) is 8.03. The lowest BCUT2D eigenvalue weighted by Gasteiger charge is -2.27. The first-order chi connectivity index (χ1) is 16.3. The molecule has 2 aromatic carbocycles. The van der Waals surface area contributed by atoms with Crippen LogP contribution in [-0.2, 0) is 13.0 Å². The minimum atomic E-state index is -0.429. The summed E-state index contributed by atoms with van der Waals surface area (Å²) < 4.78 is 5.68. The maximum Gasteiger partial charge on any atom is 0.269 e. The molecule has 7 nitrogen and oxygen atoms in total. The lowest BCUT2D eigenvalue weighted by Crippen LogP contribution is -2.31. The van der Waals surface area contributed by atoms with Crippen LogP contribution in [0.1, 0.15) is 39.2 Å². The molecule has 0 saturated heterocycles. The summed E-state index contributed by atoms with van der Waals surface area (Å²) in [6.07, 6.45) is 2.59. The predicted molar refractivity (Wildman–Crippen MR) is 135 cm³/mol. The van der Waals surface area contributed by atoms with E-state index in [0.717, 1.165) is 49.3 Å². The van der Waals surface area contributed by atoms with Gasteiger partial charge in [-0.3, -0.25) is 19.8 Å². The first-order valence-corrected chi connectivity index (χ1v) is 12.4. The minimum absolute atomic E-state index is 0.0489. The molecule has 1 aromatic heterocycles. The van der Waals surface area contributed by atoms with Crippen molar-refractivity contribution in [1.82, 2.24) is 4.90 Å². The van der Waals surface area contributed by atoms with Gasteiger partial charge in [0.15, 0.2) is 5.78 Å². The van der Waals surface area contributed by atoms with E-state index in [1.165, 1.54) is 23.5 Å². The van der Waals surface area contributed by atoms with Crippen molar-refractivity contribution in [3.8, 4) is 5.75 Å². The van der Waals surface area contributed by atoms with Crippen LogP contribution in [0.3, 0.4) is 0 Å². The second-order valence-corrected chi connectivity index (χ2v) is 9.98. The fourth-order valence-corrected chi connectivity index (χ4v) is 5.45. The minimum Gasteiger partial charge on any atom is -0.494 e. The van der Waals surface area contributed by atoms with Crippen molar-refractivity contribution in [2.45, 2.75) is 25.8 Å². The van der Waals surface area contributed by atoms with E-state index in [9.17, 15) is 14.9 Å². The van der Waals surface area contributed by atoms with Gasteiger partial charge in [0.25, 0.3) is 5.69 Å². The number of carbonyl (C=O) groups is 1. The highest BCUT2D eigenvalue weighted by atomic mass is 35.5. The van der Waals surface area contributed by atoms with E-state index in [1.807, 2.05) is 0 Å².